The number of nitrogens with one attached hydrogen (secondary N) is 3. The smallest absolute Gasteiger partial charge is 0.234 e. The van der Waals surface area contributed by atoms with Crippen LogP contribution in [-0.4, -0.2) is 102 Å². The summed E-state index contributed by atoms with van der Waals surface area (Å²) in [5.41, 5.74) is 7.57. The van der Waals surface area contributed by atoms with Crippen LogP contribution < -0.4 is 35.8 Å². The normalized spacial score (nSPS) is 17.5. The monoisotopic (exact) mass is 974 g/mol. The van der Waals surface area contributed by atoms with Crippen molar-refractivity contribution in [3.63, 3.8) is 0 Å². The molecule has 4 aromatic carbocycles. The number of hydrogen-bond acceptors (Lipinski definition) is 12. The van der Waals surface area contributed by atoms with Gasteiger partial charge in [0.1, 0.15) is 24.5 Å². The fraction of sp³-hybridized carbons (Fsp3) is 0.327. The van der Waals surface area contributed by atoms with Gasteiger partial charge in [0.2, 0.25) is 17.8 Å². The fourth-order valence-electron chi connectivity index (χ4n) is 9.35. The van der Waals surface area contributed by atoms with Crippen LogP contribution >= 0.6 is 23.1 Å². The molecule has 0 saturated carbocycles. The molecule has 3 N–H and O–H groups in total. The lowest BCUT2D eigenvalue weighted by Gasteiger charge is -2.44. The van der Waals surface area contributed by atoms with Crippen LogP contribution in [0.25, 0.3) is 22.3 Å². The summed E-state index contributed by atoms with van der Waals surface area (Å²) in [4.78, 5) is 40.7. The number of carbonyl (C=O) groups is 2. The number of aryl methyl sites for hydroxylation is 1. The molecule has 66 heavy (non-hydrogen) atoms. The van der Waals surface area contributed by atoms with Crippen molar-refractivity contribution < 1.29 is 23.3 Å². The molecule has 5 heterocycles. The van der Waals surface area contributed by atoms with Crippen molar-refractivity contribution in [1.82, 2.24) is 30.0 Å². The maximum absolute atomic E-state index is 15.4. The second-order valence-corrected chi connectivity index (χ2v) is 21.5. The molecule has 3 aliphatic heterocycles. The average molecular weight is 976 g/mol. The van der Waals surface area contributed by atoms with E-state index in [1.165, 1.54) is 6.07 Å². The van der Waals surface area contributed by atoms with Crippen LogP contribution in [0.3, 0.4) is 0 Å². The zero-order valence-corrected chi connectivity index (χ0v) is 39.9. The third-order valence-corrected chi connectivity index (χ3v) is 15.0. The SMILES string of the molecule is COc1cc(N2CCC(N3CCN(c4ccc(C5CCC(=O)NC5=O)c(F)c4)CC3)CC2)c(-c2cnn(C)c2)cc1Nc1ncc(Br)c(Nc2ccc(-c3ccccc3)cc2P(C)(C)=O)n1. The highest BCUT2D eigenvalue weighted by molar-refractivity contribution is 9.10. The Kier molecular flexibility index (Phi) is 13.0. The van der Waals surface area contributed by atoms with E-state index in [-0.39, 0.29) is 12.3 Å². The second kappa shape index (κ2) is 19.0. The third-order valence-electron chi connectivity index (χ3n) is 12.9. The second-order valence-electron chi connectivity index (χ2n) is 17.5. The van der Waals surface area contributed by atoms with Gasteiger partial charge in [0, 0.05) is 111 Å². The largest absolute Gasteiger partial charge is 0.494 e. The van der Waals surface area contributed by atoms with Gasteiger partial charge in [-0.2, -0.15) is 10.1 Å². The first-order valence-corrected chi connectivity index (χ1v) is 25.6. The number of rotatable bonds is 12. The first-order chi connectivity index (χ1) is 31.8. The maximum Gasteiger partial charge on any atom is 0.234 e. The van der Waals surface area contributed by atoms with E-state index in [4.69, 9.17) is 9.72 Å². The lowest BCUT2D eigenvalue weighted by Crippen LogP contribution is -2.53. The van der Waals surface area contributed by atoms with Crippen LogP contribution in [0.4, 0.5) is 38.9 Å². The molecule has 342 valence electrons. The Morgan fingerprint density at radius 1 is 0.833 bits per heavy atom. The molecule has 0 spiro atoms. The number of carbonyl (C=O) groups excluding carboxylic acids is 2. The minimum atomic E-state index is -2.71. The number of nitrogens with zero attached hydrogens (tertiary/aromatic N) is 7. The van der Waals surface area contributed by atoms with E-state index in [1.807, 2.05) is 74.0 Å². The van der Waals surface area contributed by atoms with Crippen LogP contribution in [0.1, 0.15) is 37.2 Å². The van der Waals surface area contributed by atoms with Gasteiger partial charge in [-0.3, -0.25) is 24.5 Å². The van der Waals surface area contributed by atoms with Gasteiger partial charge in [-0.25, -0.2) is 9.37 Å². The number of piperidine rings is 2. The van der Waals surface area contributed by atoms with Crippen molar-refractivity contribution in [3.05, 3.63) is 113 Å². The quantitative estimate of drug-likeness (QED) is 0.0798. The van der Waals surface area contributed by atoms with Crippen molar-refractivity contribution in [2.45, 2.75) is 37.6 Å². The lowest BCUT2D eigenvalue weighted by molar-refractivity contribution is -0.134. The summed E-state index contributed by atoms with van der Waals surface area (Å²) in [7, 11) is 0.856. The molecule has 3 saturated heterocycles. The molecule has 3 aliphatic rings. The minimum absolute atomic E-state index is 0.213. The van der Waals surface area contributed by atoms with Gasteiger partial charge < -0.3 is 29.7 Å². The van der Waals surface area contributed by atoms with E-state index in [2.05, 4.69) is 68.8 Å². The maximum atomic E-state index is 15.4. The number of methoxy groups -OCH3 is 1. The van der Waals surface area contributed by atoms with Crippen LogP contribution in [0, 0.1) is 5.82 Å². The summed E-state index contributed by atoms with van der Waals surface area (Å²) >= 11 is 3.63. The molecule has 0 aliphatic carbocycles. The number of imide groups is 1. The Bertz CT molecular complexity index is 2820. The van der Waals surface area contributed by atoms with Crippen molar-refractivity contribution >= 4 is 74.7 Å². The molecular formula is C49H53BrFN10O4P. The van der Waals surface area contributed by atoms with Gasteiger partial charge in [-0.05, 0) is 90.0 Å². The van der Waals surface area contributed by atoms with Gasteiger partial charge in [-0.1, -0.05) is 42.5 Å². The predicted molar refractivity (Wildman–Crippen MR) is 263 cm³/mol. The highest BCUT2D eigenvalue weighted by Crippen LogP contribution is 2.43. The van der Waals surface area contributed by atoms with Crippen molar-refractivity contribution in [3.8, 4) is 28.0 Å². The molecule has 2 amide bonds. The topological polar surface area (TPSA) is 150 Å². The Balaban J connectivity index is 0.889. The summed E-state index contributed by atoms with van der Waals surface area (Å²) in [5, 5.41) is 14.4. The van der Waals surface area contributed by atoms with Crippen LogP contribution in [-0.2, 0) is 21.2 Å². The molecule has 3 fully saturated rings. The number of benzene rings is 4. The van der Waals surface area contributed by atoms with E-state index in [0.717, 1.165) is 91.0 Å². The summed E-state index contributed by atoms with van der Waals surface area (Å²) in [6.45, 7) is 8.52. The summed E-state index contributed by atoms with van der Waals surface area (Å²) < 4.78 is 37.4. The Labute approximate surface area is 392 Å². The van der Waals surface area contributed by atoms with Crippen LogP contribution in [0.2, 0.25) is 0 Å². The standard InChI is InChI=1S/C49H53BrFN10O4P/c1-58-30-33(28-53-58)38-26-42(55-49-52-29-39(50)47(57-49)54-41-14-10-32(24-45(41)66(3,4)64)31-8-6-5-7-9-31)44(65-2)27-43(38)61-18-16-34(17-19-61)59-20-22-60(23-21-59)35-11-12-36(40(51)25-35)37-13-15-46(62)56-48(37)63/h5-12,14,24-30,34,37H,13,15-23H2,1-4H3,(H,56,62,63)(H2,52,54,55,57). The molecule has 9 rings (SSSR count). The fourth-order valence-corrected chi connectivity index (χ4v) is 10.8. The number of halogens is 2. The predicted octanol–water partition coefficient (Wildman–Crippen LogP) is 8.50. The van der Waals surface area contributed by atoms with Crippen molar-refractivity contribution in [2.24, 2.45) is 7.05 Å². The van der Waals surface area contributed by atoms with Gasteiger partial charge in [0.05, 0.1) is 35.1 Å². The summed E-state index contributed by atoms with van der Waals surface area (Å²) in [5.74, 6) is -0.306. The number of piperazine rings is 1. The molecule has 1 unspecified atom stereocenters. The highest BCUT2D eigenvalue weighted by atomic mass is 79.9. The number of hydrogen-bond donors (Lipinski definition) is 3. The Morgan fingerprint density at radius 3 is 2.29 bits per heavy atom. The lowest BCUT2D eigenvalue weighted by atomic mass is 9.90. The Morgan fingerprint density at radius 2 is 1.61 bits per heavy atom. The minimum Gasteiger partial charge on any atom is -0.494 e. The van der Waals surface area contributed by atoms with E-state index < -0.39 is 24.8 Å². The van der Waals surface area contributed by atoms with Gasteiger partial charge >= 0.3 is 0 Å². The molecule has 2 aromatic heterocycles. The van der Waals surface area contributed by atoms with Gasteiger partial charge in [0.25, 0.3) is 0 Å². The molecular weight excluding hydrogens is 922 g/mol. The number of ether oxygens (including phenoxy) is 1. The van der Waals surface area contributed by atoms with Crippen LogP contribution in [0.5, 0.6) is 5.75 Å². The third kappa shape index (κ3) is 9.72. The number of anilines is 6. The zero-order valence-electron chi connectivity index (χ0n) is 37.4. The van der Waals surface area contributed by atoms with E-state index in [9.17, 15) is 14.2 Å². The van der Waals surface area contributed by atoms with E-state index in [1.54, 1.807) is 37.4 Å². The highest BCUT2D eigenvalue weighted by Gasteiger charge is 2.32. The first kappa shape index (κ1) is 45.1. The first-order valence-electron chi connectivity index (χ1n) is 22.2. The van der Waals surface area contributed by atoms with Crippen molar-refractivity contribution in [1.29, 1.82) is 0 Å². The molecule has 0 bridgehead atoms. The molecule has 1 atom stereocenters. The van der Waals surface area contributed by atoms with Gasteiger partial charge in [0.15, 0.2) is 0 Å². The molecule has 17 heteroatoms. The molecule has 0 radical (unpaired) electrons. The zero-order chi connectivity index (χ0) is 46.1. The summed E-state index contributed by atoms with van der Waals surface area (Å²) in [6.07, 6.45) is 8.06. The van der Waals surface area contributed by atoms with Gasteiger partial charge in [-0.15, -0.1) is 0 Å². The van der Waals surface area contributed by atoms with E-state index >= 15 is 4.39 Å². The number of amides is 2. The average Bonchev–Trinajstić information content (AvgIpc) is 3.76. The van der Waals surface area contributed by atoms with E-state index in [0.29, 0.717) is 51.4 Å². The molecule has 14 nitrogen and oxygen atoms in total. The van der Waals surface area contributed by atoms with Crippen LogP contribution in [0.15, 0.2) is 102 Å². The van der Waals surface area contributed by atoms with Crippen molar-refractivity contribution in [2.75, 3.05) is 80.1 Å². The molecule has 6 aromatic rings. The number of aromatic nitrogens is 4. The summed E-state index contributed by atoms with van der Waals surface area (Å²) in [6, 6.07) is 25.7. The Hall–Kier alpha value is -6.09.